The SMILES string of the molecule is [CH2-]CC[CH-]C(=O)N1CCC(C(C)C)CC1.[U+2]. The Morgan fingerprint density at radius 2 is 2.00 bits per heavy atom. The van der Waals surface area contributed by atoms with E-state index in [2.05, 4.69) is 20.8 Å². The van der Waals surface area contributed by atoms with Gasteiger partial charge < -0.3 is 23.0 Å². The molecule has 1 amide bonds. The van der Waals surface area contributed by atoms with Crippen LogP contribution in [0.5, 0.6) is 0 Å². The smallest absolute Gasteiger partial charge is 0.367 e. The summed E-state index contributed by atoms with van der Waals surface area (Å²) in [6.07, 6.45) is 5.74. The van der Waals surface area contributed by atoms with E-state index < -0.39 is 0 Å². The maximum Gasteiger partial charge on any atom is 2.00 e. The van der Waals surface area contributed by atoms with E-state index in [1.807, 2.05) is 4.90 Å². The molecule has 0 bridgehead atoms. The van der Waals surface area contributed by atoms with E-state index in [0.717, 1.165) is 37.8 Å². The molecule has 0 aliphatic carbocycles. The second-order valence-electron chi connectivity index (χ2n) is 4.75. The summed E-state index contributed by atoms with van der Waals surface area (Å²) in [6, 6.07) is 0. The number of carbonyl (C=O) groups is 1. The van der Waals surface area contributed by atoms with Crippen molar-refractivity contribution in [3.63, 3.8) is 0 Å². The number of amides is 1. The number of hydrogen-bond donors (Lipinski definition) is 0. The van der Waals surface area contributed by atoms with Crippen molar-refractivity contribution in [3.05, 3.63) is 13.3 Å². The molecule has 1 saturated heterocycles. The quantitative estimate of drug-likeness (QED) is 0.607. The molecule has 2 nitrogen and oxygen atoms in total. The van der Waals surface area contributed by atoms with Gasteiger partial charge in [-0.1, -0.05) is 13.8 Å². The number of unbranched alkanes of at least 4 members (excludes halogenated alkanes) is 1. The Kier molecular flexibility index (Phi) is 8.69. The van der Waals surface area contributed by atoms with Crippen LogP contribution in [-0.2, 0) is 4.79 Å². The largest absolute Gasteiger partial charge is 2.00 e. The topological polar surface area (TPSA) is 20.3 Å². The second-order valence-corrected chi connectivity index (χ2v) is 4.75. The minimum absolute atomic E-state index is 0. The molecule has 1 aliphatic heterocycles. The molecule has 0 aromatic rings. The van der Waals surface area contributed by atoms with Crippen LogP contribution in [0.1, 0.15) is 39.5 Å². The van der Waals surface area contributed by atoms with Crippen molar-refractivity contribution in [3.8, 4) is 0 Å². The van der Waals surface area contributed by atoms with Gasteiger partial charge in [0.15, 0.2) is 0 Å². The minimum atomic E-state index is 0. The number of carbonyl (C=O) groups excluding carboxylic acids is 1. The van der Waals surface area contributed by atoms with E-state index in [-0.39, 0.29) is 37.0 Å². The van der Waals surface area contributed by atoms with Gasteiger partial charge in [-0.25, -0.2) is 6.42 Å². The molecule has 1 aliphatic rings. The van der Waals surface area contributed by atoms with Gasteiger partial charge >= 0.3 is 31.1 Å². The molecule has 1 fully saturated rings. The number of rotatable bonds is 4. The van der Waals surface area contributed by atoms with Crippen LogP contribution in [0, 0.1) is 56.3 Å². The van der Waals surface area contributed by atoms with E-state index in [1.165, 1.54) is 12.8 Å². The predicted octanol–water partition coefficient (Wildman–Crippen LogP) is 2.70. The molecule has 3 heteroatoms. The monoisotopic (exact) mass is 447 g/mol. The average molecular weight is 447 g/mol. The first-order valence-electron chi connectivity index (χ1n) is 6.06. The van der Waals surface area contributed by atoms with Crippen molar-refractivity contribution in [2.75, 3.05) is 13.1 Å². The van der Waals surface area contributed by atoms with Crippen LogP contribution in [-0.4, -0.2) is 23.9 Å². The first-order chi connectivity index (χ1) is 7.15. The van der Waals surface area contributed by atoms with Crippen molar-refractivity contribution < 1.29 is 35.9 Å². The second kappa shape index (κ2) is 8.48. The zero-order chi connectivity index (χ0) is 11.3. The Labute approximate surface area is 124 Å². The minimum Gasteiger partial charge on any atom is -0.367 e. The van der Waals surface area contributed by atoms with Crippen LogP contribution in [0.4, 0.5) is 0 Å². The Bertz CT molecular complexity index is 198. The Morgan fingerprint density at radius 1 is 1.44 bits per heavy atom. The van der Waals surface area contributed by atoms with Crippen LogP contribution in [0.25, 0.3) is 0 Å². The summed E-state index contributed by atoms with van der Waals surface area (Å²) in [5.74, 6) is 1.77. The van der Waals surface area contributed by atoms with Gasteiger partial charge in [-0.2, -0.15) is 6.42 Å². The van der Waals surface area contributed by atoms with Gasteiger partial charge in [0, 0.05) is 13.1 Å². The van der Waals surface area contributed by atoms with Crippen LogP contribution in [0.3, 0.4) is 0 Å². The van der Waals surface area contributed by atoms with E-state index in [0.29, 0.717) is 0 Å². The van der Waals surface area contributed by atoms with Crippen LogP contribution >= 0.6 is 0 Å². The number of nitrogens with zero attached hydrogens (tertiary/aromatic N) is 1. The predicted molar refractivity (Wildman–Crippen MR) is 63.0 cm³/mol. The molecule has 0 aromatic carbocycles. The molecule has 0 N–H and O–H groups in total. The van der Waals surface area contributed by atoms with Gasteiger partial charge in [-0.15, -0.1) is 0 Å². The van der Waals surface area contributed by atoms with Gasteiger partial charge in [0.25, 0.3) is 0 Å². The summed E-state index contributed by atoms with van der Waals surface area (Å²) in [5, 5.41) is 0. The van der Waals surface area contributed by atoms with Gasteiger partial charge in [0.05, 0.1) is 5.91 Å². The average Bonchev–Trinajstić information content (AvgIpc) is 2.26. The number of likely N-dealkylation sites (tertiary alicyclic amines) is 1. The molecular formula is C13H23NOU. The first kappa shape index (κ1) is 16.4. The fraction of sp³-hybridized carbons (Fsp3) is 0.769. The third kappa shape index (κ3) is 5.15. The Hall–Kier alpha value is 0.392. The molecule has 1 heterocycles. The molecule has 0 spiro atoms. The fourth-order valence-electron chi connectivity index (χ4n) is 2.14. The van der Waals surface area contributed by atoms with Gasteiger partial charge in [-0.3, -0.25) is 0 Å². The maximum absolute atomic E-state index is 11.7. The van der Waals surface area contributed by atoms with Crippen LogP contribution in [0.2, 0.25) is 0 Å². The summed E-state index contributed by atoms with van der Waals surface area (Å²) in [7, 11) is 0. The van der Waals surface area contributed by atoms with Gasteiger partial charge in [-0.05, 0) is 24.7 Å². The third-order valence-corrected chi connectivity index (χ3v) is 3.32. The molecule has 1 rings (SSSR count). The number of hydrogen-bond acceptors (Lipinski definition) is 1. The fourth-order valence-corrected chi connectivity index (χ4v) is 2.14. The summed E-state index contributed by atoms with van der Waals surface area (Å²) in [6.45, 7) is 10.2. The van der Waals surface area contributed by atoms with E-state index in [9.17, 15) is 4.79 Å². The maximum atomic E-state index is 11.7. The molecule has 0 atom stereocenters. The zero-order valence-electron chi connectivity index (χ0n) is 10.5. The van der Waals surface area contributed by atoms with Gasteiger partial charge in [0.1, 0.15) is 0 Å². The van der Waals surface area contributed by atoms with Crippen molar-refractivity contribution in [1.29, 1.82) is 0 Å². The van der Waals surface area contributed by atoms with Crippen molar-refractivity contribution in [1.82, 2.24) is 4.90 Å². The summed E-state index contributed by atoms with van der Waals surface area (Å²) in [4.78, 5) is 13.7. The van der Waals surface area contributed by atoms with E-state index in [1.54, 1.807) is 6.42 Å². The van der Waals surface area contributed by atoms with Crippen molar-refractivity contribution in [2.45, 2.75) is 39.5 Å². The first-order valence-corrected chi connectivity index (χ1v) is 6.06. The molecular weight excluding hydrogens is 424 g/mol. The van der Waals surface area contributed by atoms with Gasteiger partial charge in [0.2, 0.25) is 0 Å². The standard InChI is InChI=1S/C13H23NO.U/c1-4-5-6-13(15)14-9-7-12(8-10-14)11(2)3;/h6,11-12H,1,4-5,7-10H2,2-3H3;/q-2;+2. The van der Waals surface area contributed by atoms with E-state index >= 15 is 0 Å². The molecule has 0 saturated carbocycles. The third-order valence-electron chi connectivity index (χ3n) is 3.32. The molecule has 0 unspecified atom stereocenters. The Morgan fingerprint density at radius 3 is 2.44 bits per heavy atom. The molecule has 16 heavy (non-hydrogen) atoms. The summed E-state index contributed by atoms with van der Waals surface area (Å²) in [5.41, 5.74) is 0. The van der Waals surface area contributed by atoms with Crippen molar-refractivity contribution >= 4 is 5.91 Å². The van der Waals surface area contributed by atoms with Crippen molar-refractivity contribution in [2.24, 2.45) is 11.8 Å². The van der Waals surface area contributed by atoms with Crippen LogP contribution in [0.15, 0.2) is 0 Å². The normalized spacial score (nSPS) is 17.1. The Balaban J connectivity index is 0.00000225. The molecule has 90 valence electrons. The summed E-state index contributed by atoms with van der Waals surface area (Å²) < 4.78 is 0. The number of piperidine rings is 1. The molecule has 0 radical (unpaired) electrons. The van der Waals surface area contributed by atoms with Crippen LogP contribution < -0.4 is 0 Å². The zero-order valence-corrected chi connectivity index (χ0v) is 14.7. The summed E-state index contributed by atoms with van der Waals surface area (Å²) >= 11 is 0. The van der Waals surface area contributed by atoms with E-state index in [4.69, 9.17) is 0 Å². The molecule has 0 aromatic heterocycles.